The summed E-state index contributed by atoms with van der Waals surface area (Å²) in [4.78, 5) is 33.3. The molecular formula is C23H26N4O3. The number of benzene rings is 1. The van der Waals surface area contributed by atoms with Crippen LogP contribution in [0.25, 0.3) is 10.9 Å². The van der Waals surface area contributed by atoms with E-state index in [0.29, 0.717) is 30.5 Å². The second-order valence-corrected chi connectivity index (χ2v) is 8.03. The van der Waals surface area contributed by atoms with E-state index in [0.717, 1.165) is 23.7 Å². The lowest BCUT2D eigenvalue weighted by Gasteiger charge is -2.32. The topological polar surface area (TPSA) is 101 Å². The second kappa shape index (κ2) is 8.18. The molecule has 7 nitrogen and oxygen atoms in total. The molecule has 7 heteroatoms. The molecule has 0 unspecified atom stereocenters. The van der Waals surface area contributed by atoms with Gasteiger partial charge in [-0.05, 0) is 29.7 Å². The molecule has 0 spiro atoms. The predicted octanol–water partition coefficient (Wildman–Crippen LogP) is 3.47. The Morgan fingerprint density at radius 1 is 1.17 bits per heavy atom. The van der Waals surface area contributed by atoms with E-state index in [2.05, 4.69) is 42.0 Å². The minimum Gasteiger partial charge on any atom is -0.490 e. The van der Waals surface area contributed by atoms with E-state index < -0.39 is 5.91 Å². The number of aromatic nitrogens is 2. The van der Waals surface area contributed by atoms with Gasteiger partial charge < -0.3 is 20.4 Å². The maximum absolute atomic E-state index is 13.0. The van der Waals surface area contributed by atoms with Gasteiger partial charge in [-0.25, -0.2) is 0 Å². The predicted molar refractivity (Wildman–Crippen MR) is 115 cm³/mol. The number of fused-ring (bicyclic) bond motifs is 1. The fourth-order valence-corrected chi connectivity index (χ4v) is 3.78. The third kappa shape index (κ3) is 4.15. The molecule has 0 atom stereocenters. The summed E-state index contributed by atoms with van der Waals surface area (Å²) >= 11 is 0. The maximum atomic E-state index is 13.0. The highest BCUT2D eigenvalue weighted by molar-refractivity contribution is 5.98. The van der Waals surface area contributed by atoms with Gasteiger partial charge >= 0.3 is 0 Å². The van der Waals surface area contributed by atoms with E-state index in [1.807, 2.05) is 11.0 Å². The van der Waals surface area contributed by atoms with E-state index in [-0.39, 0.29) is 17.7 Å². The van der Waals surface area contributed by atoms with E-state index in [1.165, 1.54) is 11.8 Å². The molecule has 2 amide bonds. The monoisotopic (exact) mass is 406 g/mol. The van der Waals surface area contributed by atoms with Crippen LogP contribution in [-0.4, -0.2) is 45.9 Å². The van der Waals surface area contributed by atoms with Crippen molar-refractivity contribution < 1.29 is 14.3 Å². The third-order valence-corrected chi connectivity index (χ3v) is 5.56. The lowest BCUT2D eigenvalue weighted by atomic mass is 10.0. The number of nitrogens with zero attached hydrogens (tertiary/aromatic N) is 2. The van der Waals surface area contributed by atoms with Crippen molar-refractivity contribution in [2.45, 2.75) is 38.7 Å². The van der Waals surface area contributed by atoms with Crippen LogP contribution in [0.5, 0.6) is 5.75 Å². The van der Waals surface area contributed by atoms with Crippen LogP contribution in [0.1, 0.15) is 59.1 Å². The molecule has 1 saturated heterocycles. The second-order valence-electron chi connectivity index (χ2n) is 8.03. The van der Waals surface area contributed by atoms with Crippen molar-refractivity contribution in [3.63, 3.8) is 0 Å². The van der Waals surface area contributed by atoms with Crippen molar-refractivity contribution in [2.75, 3.05) is 13.1 Å². The number of piperidine rings is 1. The van der Waals surface area contributed by atoms with Crippen molar-refractivity contribution >= 4 is 22.7 Å². The van der Waals surface area contributed by atoms with E-state index in [4.69, 9.17) is 10.5 Å². The Labute approximate surface area is 175 Å². The molecule has 30 heavy (non-hydrogen) atoms. The standard InChI is InChI=1S/C23H26N4O3/c1-14(2)15-3-4-16-12-21(26-19(16)11-15)23(29)27-9-6-17(7-10-27)30-18-5-8-25-20(13-18)22(24)28/h3-5,8,11-14,17,26H,6-7,9-10H2,1-2H3,(H2,24,28). The Bertz CT molecular complexity index is 1080. The van der Waals surface area contributed by atoms with Gasteiger partial charge in [0.2, 0.25) is 0 Å². The molecule has 2 aromatic heterocycles. The minimum absolute atomic E-state index is 0.00988. The van der Waals surface area contributed by atoms with Gasteiger partial charge in [-0.3, -0.25) is 14.6 Å². The molecule has 1 fully saturated rings. The average molecular weight is 406 g/mol. The number of amides is 2. The number of rotatable bonds is 5. The quantitative estimate of drug-likeness (QED) is 0.677. The molecule has 0 aliphatic carbocycles. The fourth-order valence-electron chi connectivity index (χ4n) is 3.78. The Kier molecular flexibility index (Phi) is 5.44. The van der Waals surface area contributed by atoms with Crippen LogP contribution in [-0.2, 0) is 0 Å². The molecule has 3 heterocycles. The summed E-state index contributed by atoms with van der Waals surface area (Å²) in [5, 5.41) is 1.05. The molecule has 1 aromatic carbocycles. The zero-order valence-electron chi connectivity index (χ0n) is 17.2. The van der Waals surface area contributed by atoms with Crippen molar-refractivity contribution in [3.05, 3.63) is 59.5 Å². The zero-order valence-corrected chi connectivity index (χ0v) is 17.2. The Morgan fingerprint density at radius 3 is 2.63 bits per heavy atom. The molecule has 0 saturated carbocycles. The number of carbonyl (C=O) groups excluding carboxylic acids is 2. The summed E-state index contributed by atoms with van der Waals surface area (Å²) in [6.45, 7) is 5.54. The zero-order chi connectivity index (χ0) is 21.3. The van der Waals surface area contributed by atoms with Crippen molar-refractivity contribution in [1.29, 1.82) is 0 Å². The SMILES string of the molecule is CC(C)c1ccc2cc(C(=O)N3CCC(Oc4ccnc(C(N)=O)c4)CC3)[nH]c2c1. The number of carbonyl (C=O) groups is 2. The van der Waals surface area contributed by atoms with Gasteiger partial charge in [0.15, 0.2) is 0 Å². The smallest absolute Gasteiger partial charge is 0.270 e. The number of ether oxygens (including phenoxy) is 1. The Hall–Kier alpha value is -3.35. The van der Waals surface area contributed by atoms with Gasteiger partial charge in [-0.15, -0.1) is 0 Å². The number of hydrogen-bond acceptors (Lipinski definition) is 4. The van der Waals surface area contributed by atoms with Crippen LogP contribution in [0.15, 0.2) is 42.6 Å². The Morgan fingerprint density at radius 2 is 1.93 bits per heavy atom. The third-order valence-electron chi connectivity index (χ3n) is 5.56. The molecule has 0 bridgehead atoms. The van der Waals surface area contributed by atoms with E-state index >= 15 is 0 Å². The summed E-state index contributed by atoms with van der Waals surface area (Å²) < 4.78 is 5.97. The molecule has 1 aliphatic heterocycles. The number of aromatic amines is 1. The number of hydrogen-bond donors (Lipinski definition) is 2. The number of nitrogens with two attached hydrogens (primary N) is 1. The average Bonchev–Trinajstić information content (AvgIpc) is 3.17. The van der Waals surface area contributed by atoms with Gasteiger partial charge in [0.05, 0.1) is 0 Å². The van der Waals surface area contributed by atoms with Crippen molar-refractivity contribution in [1.82, 2.24) is 14.9 Å². The van der Waals surface area contributed by atoms with Gasteiger partial charge in [0.1, 0.15) is 23.2 Å². The van der Waals surface area contributed by atoms with E-state index in [9.17, 15) is 9.59 Å². The van der Waals surface area contributed by atoms with Crippen LogP contribution in [0, 0.1) is 0 Å². The summed E-state index contributed by atoms with van der Waals surface area (Å²) in [6.07, 6.45) is 2.93. The highest BCUT2D eigenvalue weighted by atomic mass is 16.5. The van der Waals surface area contributed by atoms with Crippen LogP contribution in [0.4, 0.5) is 0 Å². The Balaban J connectivity index is 1.39. The van der Waals surface area contributed by atoms with Gasteiger partial charge in [0, 0.05) is 49.1 Å². The minimum atomic E-state index is -0.584. The fraction of sp³-hybridized carbons (Fsp3) is 0.348. The first-order valence-corrected chi connectivity index (χ1v) is 10.2. The van der Waals surface area contributed by atoms with Crippen LogP contribution in [0.3, 0.4) is 0 Å². The van der Waals surface area contributed by atoms with Crippen LogP contribution >= 0.6 is 0 Å². The molecule has 4 rings (SSSR count). The lowest BCUT2D eigenvalue weighted by Crippen LogP contribution is -2.41. The molecule has 0 radical (unpaired) electrons. The molecule has 156 valence electrons. The summed E-state index contributed by atoms with van der Waals surface area (Å²) in [5.74, 6) is 0.436. The summed E-state index contributed by atoms with van der Waals surface area (Å²) in [5.41, 5.74) is 8.30. The first-order chi connectivity index (χ1) is 14.4. The van der Waals surface area contributed by atoms with Gasteiger partial charge in [-0.2, -0.15) is 0 Å². The first-order valence-electron chi connectivity index (χ1n) is 10.2. The highest BCUT2D eigenvalue weighted by Gasteiger charge is 2.26. The largest absolute Gasteiger partial charge is 0.490 e. The summed E-state index contributed by atoms with van der Waals surface area (Å²) in [7, 11) is 0. The molecular weight excluding hydrogens is 380 g/mol. The van der Waals surface area contributed by atoms with Crippen LogP contribution < -0.4 is 10.5 Å². The van der Waals surface area contributed by atoms with Crippen molar-refractivity contribution in [2.24, 2.45) is 5.73 Å². The van der Waals surface area contributed by atoms with Crippen LogP contribution in [0.2, 0.25) is 0 Å². The van der Waals surface area contributed by atoms with Gasteiger partial charge in [-0.1, -0.05) is 26.0 Å². The number of likely N-dealkylation sites (tertiary alicyclic amines) is 1. The lowest BCUT2D eigenvalue weighted by molar-refractivity contribution is 0.0590. The van der Waals surface area contributed by atoms with E-state index in [1.54, 1.807) is 12.1 Å². The number of primary amides is 1. The summed E-state index contributed by atoms with van der Waals surface area (Å²) in [6, 6.07) is 11.5. The highest BCUT2D eigenvalue weighted by Crippen LogP contribution is 2.24. The first kappa shape index (κ1) is 19.9. The number of H-pyrrole nitrogens is 1. The molecule has 1 aliphatic rings. The number of nitrogens with one attached hydrogen (secondary N) is 1. The van der Waals surface area contributed by atoms with Crippen molar-refractivity contribution in [3.8, 4) is 5.75 Å². The normalized spacial score (nSPS) is 15.0. The number of pyridine rings is 1. The molecule has 3 aromatic rings. The van der Waals surface area contributed by atoms with Gasteiger partial charge in [0.25, 0.3) is 11.8 Å². The maximum Gasteiger partial charge on any atom is 0.270 e. The molecule has 3 N–H and O–H groups in total.